The largest absolute Gasteiger partial charge is 0.223 e. The third-order valence-electron chi connectivity index (χ3n) is 0.0319. The van der Waals surface area contributed by atoms with Gasteiger partial charge in [-0.2, -0.15) is 0 Å². The van der Waals surface area contributed by atoms with Gasteiger partial charge in [0.25, 0.3) is 0 Å². The summed E-state index contributed by atoms with van der Waals surface area (Å²) in [5, 5.41) is 0. The van der Waals surface area contributed by atoms with E-state index in [0.29, 0.717) is 0 Å². The Hall–Kier alpha value is 0.720. The molecule has 0 spiro atoms. The Kier molecular flexibility index (Phi) is 2.73. The number of rotatable bonds is 1. The second-order valence-corrected chi connectivity index (χ2v) is 1.52. The fourth-order valence-electron chi connectivity index (χ4n) is 0. The van der Waals surface area contributed by atoms with Gasteiger partial charge in [0, 0.05) is 0 Å². The molecule has 26 valence electrons. The van der Waals surface area contributed by atoms with Crippen molar-refractivity contribution in [3.05, 3.63) is 0 Å². The molecule has 0 heterocycles. The molecular weight excluding hydrogens is 99.9 g/mol. The summed E-state index contributed by atoms with van der Waals surface area (Å²) < 4.78 is 27.3. The SMILES string of the molecule is [3H]P(F)PF. The highest BCUT2D eigenvalue weighted by Crippen LogP contribution is 2.37. The highest BCUT2D eigenvalue weighted by molar-refractivity contribution is 8.06. The molecule has 0 saturated heterocycles. The summed E-state index contributed by atoms with van der Waals surface area (Å²) in [5.74, 6) is 0. The van der Waals surface area contributed by atoms with Crippen LogP contribution in [0.1, 0.15) is 0 Å². The van der Waals surface area contributed by atoms with Gasteiger partial charge in [0.05, 0.1) is 0 Å². The summed E-state index contributed by atoms with van der Waals surface area (Å²) in [6, 6.07) is 0. The predicted molar refractivity (Wildman–Crippen MR) is 18.8 cm³/mol. The molecule has 2 atom stereocenters. The van der Waals surface area contributed by atoms with Crippen molar-refractivity contribution in [1.82, 2.24) is 0 Å². The maximum Gasteiger partial charge on any atom is 0.122 e. The van der Waals surface area contributed by atoms with Crippen LogP contribution in [0, 0.1) is 0 Å². The van der Waals surface area contributed by atoms with Crippen molar-refractivity contribution in [2.45, 2.75) is 0 Å². The molecule has 0 aromatic rings. The zero-order valence-electron chi connectivity index (χ0n) is 2.70. The van der Waals surface area contributed by atoms with Crippen LogP contribution < -0.4 is 0 Å². The van der Waals surface area contributed by atoms with E-state index in [4.69, 9.17) is 1.28 Å². The fourth-order valence-corrected chi connectivity index (χ4v) is 0. The van der Waals surface area contributed by atoms with Crippen LogP contribution in [0.4, 0.5) is 8.39 Å². The molecule has 0 aliphatic carbocycles. The quantitative estimate of drug-likeness (QED) is 0.446. The summed E-state index contributed by atoms with van der Waals surface area (Å²) in [6.07, 6.45) is 0. The van der Waals surface area contributed by atoms with E-state index in [1.165, 1.54) is 0 Å². The second kappa shape index (κ2) is 3.72. The van der Waals surface area contributed by atoms with E-state index in [9.17, 15) is 8.39 Å². The normalized spacial score (nSPS) is 22.0. The van der Waals surface area contributed by atoms with Crippen LogP contribution in [0.15, 0.2) is 0 Å². The van der Waals surface area contributed by atoms with E-state index in [1.54, 1.807) is 0 Å². The minimum absolute atomic E-state index is 1.32. The van der Waals surface area contributed by atoms with Gasteiger partial charge >= 0.3 is 0 Å². The molecule has 0 nitrogen and oxygen atoms in total. The monoisotopic (exact) mass is 104 g/mol. The molecule has 0 aliphatic heterocycles. The summed E-state index contributed by atoms with van der Waals surface area (Å²) in [4.78, 5) is 0. The number of halogens is 2. The third-order valence-corrected chi connectivity index (χ3v) is 0.287. The average molecular weight is 104 g/mol. The van der Waals surface area contributed by atoms with Gasteiger partial charge in [-0.15, -0.1) is 0 Å². The summed E-state index contributed by atoms with van der Waals surface area (Å²) >= 11 is 0. The first-order chi connectivity index (χ1) is 2.27. The van der Waals surface area contributed by atoms with Crippen molar-refractivity contribution in [1.29, 1.82) is 1.28 Å². The molecule has 0 radical (unpaired) electrons. The molecule has 0 fully saturated rings. The van der Waals surface area contributed by atoms with Gasteiger partial charge < -0.3 is 0 Å². The molecular formula is H2F2P2. The molecule has 0 aromatic carbocycles. The van der Waals surface area contributed by atoms with Crippen molar-refractivity contribution in [3.8, 4) is 0 Å². The first kappa shape index (κ1) is 2.93. The van der Waals surface area contributed by atoms with Crippen molar-refractivity contribution in [3.63, 3.8) is 0 Å². The maximum atomic E-state index is 10.8. The van der Waals surface area contributed by atoms with Crippen molar-refractivity contribution < 1.29 is 8.39 Å². The van der Waals surface area contributed by atoms with E-state index in [2.05, 4.69) is 0 Å². The van der Waals surface area contributed by atoms with Crippen molar-refractivity contribution >= 4 is 17.1 Å². The summed E-state index contributed by atoms with van der Waals surface area (Å²) in [7, 11) is -3.81. The topological polar surface area (TPSA) is 0 Å². The van der Waals surface area contributed by atoms with E-state index >= 15 is 0 Å². The van der Waals surface area contributed by atoms with Gasteiger partial charge in [0.2, 0.25) is 0 Å². The Morgan fingerprint density at radius 3 is 2.00 bits per heavy atom. The second-order valence-electron chi connectivity index (χ2n) is 0.169. The molecule has 0 aliphatic rings. The Morgan fingerprint density at radius 2 is 2.00 bits per heavy atom. The molecule has 4 heavy (non-hydrogen) atoms. The Balaban J connectivity index is 2.54. The molecule has 0 bridgehead atoms. The smallest absolute Gasteiger partial charge is 0.122 e. The van der Waals surface area contributed by atoms with Gasteiger partial charge in [-0.3, -0.25) is 0 Å². The lowest BCUT2D eigenvalue weighted by Gasteiger charge is -1.60. The Labute approximate surface area is 28.0 Å². The van der Waals surface area contributed by atoms with E-state index < -0.39 is 17.1 Å². The van der Waals surface area contributed by atoms with Crippen LogP contribution in [0.5, 0.6) is 0 Å². The molecule has 0 amide bonds. The van der Waals surface area contributed by atoms with Gasteiger partial charge in [0.1, 0.15) is 18.4 Å². The zero-order valence-corrected chi connectivity index (χ0v) is 3.60. The van der Waals surface area contributed by atoms with Gasteiger partial charge in [-0.05, 0) is 0 Å². The minimum Gasteiger partial charge on any atom is -0.223 e. The van der Waals surface area contributed by atoms with Crippen molar-refractivity contribution in [2.24, 2.45) is 0 Å². The van der Waals surface area contributed by atoms with Crippen LogP contribution in [0.2, 0.25) is 0 Å². The van der Waals surface area contributed by atoms with Crippen LogP contribution in [-0.2, 0) is 0 Å². The van der Waals surface area contributed by atoms with Crippen LogP contribution in [0.25, 0.3) is 0 Å². The minimum atomic E-state index is -2.49. The lowest BCUT2D eigenvalue weighted by molar-refractivity contribution is 0.908. The molecule has 2 unspecified atom stereocenters. The molecule has 0 N–H and O–H groups in total. The van der Waals surface area contributed by atoms with Crippen molar-refractivity contribution in [2.75, 3.05) is 0 Å². The molecule has 4 heteroatoms. The summed E-state index contributed by atoms with van der Waals surface area (Å²) in [6.45, 7) is 0. The van der Waals surface area contributed by atoms with E-state index in [-0.39, 0.29) is 0 Å². The highest BCUT2D eigenvalue weighted by atomic mass is 32.1. The van der Waals surface area contributed by atoms with E-state index in [0.717, 1.165) is 0 Å². The predicted octanol–water partition coefficient (Wildman–Crippen LogP) is 2.03. The third kappa shape index (κ3) is 2.72. The lowest BCUT2D eigenvalue weighted by Crippen LogP contribution is -0.897. The van der Waals surface area contributed by atoms with Crippen LogP contribution in [0.3, 0.4) is 0 Å². The Bertz CT molecular complexity index is 21.6. The fraction of sp³-hybridized carbons (Fsp3) is 0. The van der Waals surface area contributed by atoms with Gasteiger partial charge in [-0.1, -0.05) is 0 Å². The lowest BCUT2D eigenvalue weighted by atomic mass is 18.9. The van der Waals surface area contributed by atoms with Gasteiger partial charge in [0.15, 0.2) is 0 Å². The molecule has 0 rings (SSSR count). The maximum absolute atomic E-state index is 10.8. The van der Waals surface area contributed by atoms with Gasteiger partial charge in [-0.25, -0.2) is 8.39 Å². The zero-order chi connectivity index (χ0) is 4.28. The first-order valence-corrected chi connectivity index (χ1v) is 3.09. The average Bonchev–Trinajstić information content (AvgIpc) is 1.38. The molecule has 0 aromatic heterocycles. The molecule has 0 saturated carbocycles. The standard InChI is InChI=1S/F2H2P2/c1-3-4-2/h3-4H/i3T. The first-order valence-electron chi connectivity index (χ1n) is 1.03. The van der Waals surface area contributed by atoms with Crippen LogP contribution in [-0.4, -0.2) is 1.28 Å². The van der Waals surface area contributed by atoms with E-state index in [1.807, 2.05) is 0 Å². The number of hydrogen-bond donors (Lipinski definition) is 0. The van der Waals surface area contributed by atoms with Crippen LogP contribution >= 0.6 is 17.1 Å². The Morgan fingerprint density at radius 1 is 1.75 bits per heavy atom. The number of hydrogen-bond acceptors (Lipinski definition) is 0. The highest BCUT2D eigenvalue weighted by Gasteiger charge is 1.66. The summed E-state index contributed by atoms with van der Waals surface area (Å²) in [5.41, 5.74) is 0.